The molecule has 0 fully saturated rings. The minimum Gasteiger partial charge on any atom is -0.308 e. The molecule has 0 spiro atoms. The van der Waals surface area contributed by atoms with Crippen molar-refractivity contribution in [2.75, 3.05) is 6.54 Å². The van der Waals surface area contributed by atoms with E-state index in [4.69, 9.17) is 0 Å². The molecule has 0 aromatic rings. The zero-order valence-corrected chi connectivity index (χ0v) is 10.8. The van der Waals surface area contributed by atoms with Crippen molar-refractivity contribution in [3.8, 4) is 0 Å². The van der Waals surface area contributed by atoms with Gasteiger partial charge in [0, 0.05) is 6.54 Å². The smallest absolute Gasteiger partial charge is 0.160 e. The van der Waals surface area contributed by atoms with Crippen LogP contribution in [-0.2, 0) is 0 Å². The summed E-state index contributed by atoms with van der Waals surface area (Å²) in [6, 6.07) is 0. The first-order chi connectivity index (χ1) is 7.33. The van der Waals surface area contributed by atoms with Crippen LogP contribution in [0.25, 0.3) is 0 Å². The molecule has 0 saturated heterocycles. The highest BCUT2D eigenvalue weighted by molar-refractivity contribution is 8.79. The number of fused-ring (bicyclic) bond motifs is 1. The summed E-state index contributed by atoms with van der Waals surface area (Å²) in [7, 11) is 5.40. The van der Waals surface area contributed by atoms with Gasteiger partial charge in [0.25, 0.3) is 0 Å². The molecule has 3 aliphatic rings. The Hall–Kier alpha value is 0.0800. The van der Waals surface area contributed by atoms with Crippen molar-refractivity contribution in [3.05, 3.63) is 21.5 Å². The highest BCUT2D eigenvalue weighted by Crippen LogP contribution is 2.53. The first kappa shape index (κ1) is 10.2. The summed E-state index contributed by atoms with van der Waals surface area (Å²) >= 11 is 0. The van der Waals surface area contributed by atoms with Crippen molar-refractivity contribution in [2.45, 2.75) is 6.92 Å². The van der Waals surface area contributed by atoms with Crippen LogP contribution in [0.3, 0.4) is 0 Å². The van der Waals surface area contributed by atoms with Crippen LogP contribution in [0.15, 0.2) is 25.9 Å². The van der Waals surface area contributed by atoms with Gasteiger partial charge in [-0.25, -0.2) is 4.39 Å². The van der Waals surface area contributed by atoms with Gasteiger partial charge in [0.1, 0.15) is 9.81 Å². The SMILES string of the molecule is CCN1C2=NSSC2=C(F)C2=C1[N]SS2. The second-order valence-electron chi connectivity index (χ2n) is 2.86. The molecule has 15 heavy (non-hydrogen) atoms. The van der Waals surface area contributed by atoms with Crippen LogP contribution in [0.2, 0.25) is 0 Å². The molecule has 0 N–H and O–H groups in total. The minimum atomic E-state index is -0.165. The summed E-state index contributed by atoms with van der Waals surface area (Å²) in [5, 5.41) is 0. The second-order valence-corrected chi connectivity index (χ2v) is 6.57. The van der Waals surface area contributed by atoms with E-state index in [2.05, 4.69) is 9.12 Å². The van der Waals surface area contributed by atoms with Gasteiger partial charge in [-0.15, -0.1) is 0 Å². The Morgan fingerprint density at radius 3 is 2.87 bits per heavy atom. The van der Waals surface area contributed by atoms with E-state index in [1.54, 1.807) is 0 Å². The van der Waals surface area contributed by atoms with Crippen LogP contribution in [0.1, 0.15) is 6.92 Å². The molecule has 8 heteroatoms. The summed E-state index contributed by atoms with van der Waals surface area (Å²) < 4.78 is 22.5. The molecule has 0 aliphatic carbocycles. The monoisotopic (exact) mass is 278 g/mol. The number of rotatable bonds is 1. The van der Waals surface area contributed by atoms with E-state index in [0.29, 0.717) is 9.81 Å². The number of halogens is 1. The van der Waals surface area contributed by atoms with Gasteiger partial charge < -0.3 is 4.90 Å². The first-order valence-electron chi connectivity index (χ1n) is 4.21. The topological polar surface area (TPSA) is 29.7 Å². The van der Waals surface area contributed by atoms with E-state index in [1.807, 2.05) is 11.8 Å². The Labute approximate surface area is 102 Å². The van der Waals surface area contributed by atoms with Crippen LogP contribution >= 0.6 is 43.5 Å². The van der Waals surface area contributed by atoms with Gasteiger partial charge in [-0.2, -0.15) is 9.12 Å². The van der Waals surface area contributed by atoms with E-state index in [-0.39, 0.29) is 5.83 Å². The van der Waals surface area contributed by atoms with Crippen LogP contribution < -0.4 is 4.72 Å². The standard InChI is InChI=1S/C7H5FN3S4/c1-2-11-6-4(12-14-9-6)3(8)5-7(11)10-15-13-5/h2H2,1H3. The molecule has 0 amide bonds. The third kappa shape index (κ3) is 1.42. The summed E-state index contributed by atoms with van der Waals surface area (Å²) in [5.41, 5.74) is 0. The predicted molar refractivity (Wildman–Crippen MR) is 67.5 cm³/mol. The van der Waals surface area contributed by atoms with Gasteiger partial charge >= 0.3 is 0 Å². The average Bonchev–Trinajstić information content (AvgIpc) is 2.85. The fourth-order valence-corrected chi connectivity index (χ4v) is 5.17. The third-order valence-electron chi connectivity index (χ3n) is 2.12. The number of nitrogens with zero attached hydrogens (tertiary/aromatic N) is 3. The fourth-order valence-electron chi connectivity index (χ4n) is 1.46. The van der Waals surface area contributed by atoms with Gasteiger partial charge in [-0.1, -0.05) is 0 Å². The molecule has 79 valence electrons. The molecular formula is C7H5FN3S4. The second kappa shape index (κ2) is 3.83. The van der Waals surface area contributed by atoms with Crippen LogP contribution in [0, 0.1) is 0 Å². The molecule has 1 radical (unpaired) electrons. The maximum absolute atomic E-state index is 14.0. The first-order valence-corrected chi connectivity index (χ1v) is 8.43. The number of likely N-dealkylation sites (N-methyl/N-ethyl adjacent to an activating group) is 1. The van der Waals surface area contributed by atoms with Crippen LogP contribution in [0.4, 0.5) is 4.39 Å². The zero-order chi connectivity index (χ0) is 10.4. The highest BCUT2D eigenvalue weighted by Gasteiger charge is 2.39. The number of hydrogen-bond acceptors (Lipinski definition) is 6. The molecule has 0 bridgehead atoms. The summed E-state index contributed by atoms with van der Waals surface area (Å²) in [5.74, 6) is 1.27. The minimum absolute atomic E-state index is 0.165. The molecular weight excluding hydrogens is 273 g/mol. The van der Waals surface area contributed by atoms with Crippen molar-refractivity contribution in [1.82, 2.24) is 9.62 Å². The molecule has 0 aromatic carbocycles. The van der Waals surface area contributed by atoms with Gasteiger partial charge in [0.15, 0.2) is 17.5 Å². The zero-order valence-electron chi connectivity index (χ0n) is 7.56. The number of amidine groups is 1. The largest absolute Gasteiger partial charge is 0.308 e. The molecule has 0 aromatic heterocycles. The Kier molecular flexibility index (Phi) is 2.62. The van der Waals surface area contributed by atoms with Gasteiger partial charge in [-0.05, 0) is 28.5 Å². The lowest BCUT2D eigenvalue weighted by molar-refractivity contribution is 0.508. The lowest BCUT2D eigenvalue weighted by Gasteiger charge is -2.26. The van der Waals surface area contributed by atoms with Crippen LogP contribution in [-0.4, -0.2) is 17.3 Å². The molecule has 3 heterocycles. The van der Waals surface area contributed by atoms with E-state index < -0.39 is 0 Å². The summed E-state index contributed by atoms with van der Waals surface area (Å²) in [6.07, 6.45) is 0. The molecule has 3 rings (SSSR count). The lowest BCUT2D eigenvalue weighted by Crippen LogP contribution is -2.34. The number of hydrogen-bond donors (Lipinski definition) is 0. The van der Waals surface area contributed by atoms with Crippen molar-refractivity contribution in [3.63, 3.8) is 0 Å². The molecule has 3 nitrogen and oxygen atoms in total. The maximum Gasteiger partial charge on any atom is 0.160 e. The molecule has 0 unspecified atom stereocenters. The third-order valence-corrected chi connectivity index (χ3v) is 5.72. The van der Waals surface area contributed by atoms with Gasteiger partial charge in [0.2, 0.25) is 0 Å². The molecule has 3 aliphatic heterocycles. The Morgan fingerprint density at radius 2 is 2.07 bits per heavy atom. The Balaban J connectivity index is 2.14. The van der Waals surface area contributed by atoms with Crippen molar-refractivity contribution in [1.29, 1.82) is 0 Å². The molecule has 0 saturated carbocycles. The summed E-state index contributed by atoms with van der Waals surface area (Å²) in [4.78, 5) is 3.25. The quantitative estimate of drug-likeness (QED) is 0.542. The summed E-state index contributed by atoms with van der Waals surface area (Å²) in [6.45, 7) is 2.78. The van der Waals surface area contributed by atoms with Crippen molar-refractivity contribution < 1.29 is 4.39 Å². The predicted octanol–water partition coefficient (Wildman–Crippen LogP) is 3.30. The van der Waals surface area contributed by atoms with E-state index in [0.717, 1.165) is 18.2 Å². The average molecular weight is 278 g/mol. The lowest BCUT2D eigenvalue weighted by atomic mass is 10.2. The van der Waals surface area contributed by atoms with Crippen LogP contribution in [0.5, 0.6) is 0 Å². The van der Waals surface area contributed by atoms with Gasteiger partial charge in [0.05, 0.1) is 22.0 Å². The van der Waals surface area contributed by atoms with Crippen molar-refractivity contribution >= 4 is 49.4 Å². The maximum atomic E-state index is 14.0. The van der Waals surface area contributed by atoms with E-state index in [9.17, 15) is 4.39 Å². The fraction of sp³-hybridized carbons (Fsp3) is 0.286. The van der Waals surface area contributed by atoms with E-state index >= 15 is 0 Å². The highest BCUT2D eigenvalue weighted by atomic mass is 33.1. The van der Waals surface area contributed by atoms with Crippen molar-refractivity contribution in [2.24, 2.45) is 4.40 Å². The Bertz CT molecular complexity index is 416. The normalized spacial score (nSPS) is 24.1. The van der Waals surface area contributed by atoms with Gasteiger partial charge in [-0.3, -0.25) is 0 Å². The van der Waals surface area contributed by atoms with E-state index in [1.165, 1.54) is 43.5 Å². The Morgan fingerprint density at radius 1 is 1.27 bits per heavy atom. The number of allylic oxidation sites excluding steroid dienone is 1. The molecule has 0 atom stereocenters.